The van der Waals surface area contributed by atoms with E-state index in [1.165, 1.54) is 0 Å². The SMILES string of the molecule is CCCNC(=O)c1ccc(NCc2cc(N(C)C)nc3ccccc23)nc1. The number of fused-ring (bicyclic) bond motifs is 1. The Morgan fingerprint density at radius 2 is 1.96 bits per heavy atom. The van der Waals surface area contributed by atoms with E-state index < -0.39 is 0 Å². The van der Waals surface area contributed by atoms with Crippen LogP contribution in [-0.2, 0) is 6.54 Å². The van der Waals surface area contributed by atoms with Crippen LogP contribution in [0.15, 0.2) is 48.7 Å². The third-order valence-electron chi connectivity index (χ3n) is 4.27. The third-order valence-corrected chi connectivity index (χ3v) is 4.27. The van der Waals surface area contributed by atoms with Gasteiger partial charge in [-0.15, -0.1) is 0 Å². The predicted octanol–water partition coefficient (Wildman–Crippen LogP) is 3.45. The van der Waals surface area contributed by atoms with Crippen LogP contribution in [0.2, 0.25) is 0 Å². The highest BCUT2D eigenvalue weighted by Crippen LogP contribution is 2.23. The third kappa shape index (κ3) is 4.53. The number of anilines is 2. The smallest absolute Gasteiger partial charge is 0.252 e. The van der Waals surface area contributed by atoms with Crippen LogP contribution in [0.5, 0.6) is 0 Å². The van der Waals surface area contributed by atoms with Gasteiger partial charge in [0.15, 0.2) is 0 Å². The van der Waals surface area contributed by atoms with Gasteiger partial charge in [0.1, 0.15) is 11.6 Å². The van der Waals surface area contributed by atoms with Crippen LogP contribution in [0.1, 0.15) is 29.3 Å². The summed E-state index contributed by atoms with van der Waals surface area (Å²) in [5, 5.41) is 7.31. The van der Waals surface area contributed by atoms with E-state index in [2.05, 4.69) is 32.7 Å². The molecule has 1 aromatic carbocycles. The number of nitrogens with one attached hydrogen (secondary N) is 2. The highest BCUT2D eigenvalue weighted by atomic mass is 16.1. The number of rotatable bonds is 7. The van der Waals surface area contributed by atoms with Crippen molar-refractivity contribution in [2.75, 3.05) is 30.9 Å². The number of hydrogen-bond acceptors (Lipinski definition) is 5. The number of nitrogens with zero attached hydrogens (tertiary/aromatic N) is 3. The first-order valence-corrected chi connectivity index (χ1v) is 9.12. The lowest BCUT2D eigenvalue weighted by molar-refractivity contribution is 0.0953. The number of carbonyl (C=O) groups excluding carboxylic acids is 1. The van der Waals surface area contributed by atoms with Crippen LogP contribution in [0.3, 0.4) is 0 Å². The second kappa shape index (κ2) is 8.49. The van der Waals surface area contributed by atoms with Crippen LogP contribution < -0.4 is 15.5 Å². The summed E-state index contributed by atoms with van der Waals surface area (Å²) in [6.45, 7) is 3.32. The standard InChI is InChI=1S/C21H25N5O/c1-4-11-22-21(27)15-9-10-19(23-13-15)24-14-16-12-20(26(2)3)25-18-8-6-5-7-17(16)18/h5-10,12-13H,4,11,14H2,1-3H3,(H,22,27)(H,23,24). The average molecular weight is 363 g/mol. The van der Waals surface area contributed by atoms with Crippen LogP contribution in [0.25, 0.3) is 10.9 Å². The van der Waals surface area contributed by atoms with Gasteiger partial charge in [0.05, 0.1) is 11.1 Å². The topological polar surface area (TPSA) is 70.2 Å². The van der Waals surface area contributed by atoms with Crippen molar-refractivity contribution >= 4 is 28.4 Å². The largest absolute Gasteiger partial charge is 0.366 e. The monoisotopic (exact) mass is 363 g/mol. The summed E-state index contributed by atoms with van der Waals surface area (Å²) in [5.74, 6) is 1.56. The molecule has 0 atom stereocenters. The zero-order valence-corrected chi connectivity index (χ0v) is 16.0. The summed E-state index contributed by atoms with van der Waals surface area (Å²) in [6, 6.07) is 13.8. The molecule has 3 aromatic rings. The molecule has 1 amide bonds. The van der Waals surface area contributed by atoms with Crippen LogP contribution >= 0.6 is 0 Å². The molecule has 3 rings (SSSR count). The fraction of sp³-hybridized carbons (Fsp3) is 0.286. The first kappa shape index (κ1) is 18.6. The molecule has 0 aliphatic rings. The van der Waals surface area contributed by atoms with Gasteiger partial charge in [0.25, 0.3) is 5.91 Å². The molecule has 0 saturated carbocycles. The molecule has 140 valence electrons. The van der Waals surface area contributed by atoms with E-state index in [9.17, 15) is 4.79 Å². The van der Waals surface area contributed by atoms with Gasteiger partial charge in [-0.2, -0.15) is 0 Å². The number of benzene rings is 1. The Kier molecular flexibility index (Phi) is 5.86. The first-order chi connectivity index (χ1) is 13.1. The Hall–Kier alpha value is -3.15. The maximum atomic E-state index is 12.0. The van der Waals surface area contributed by atoms with Gasteiger partial charge in [0.2, 0.25) is 0 Å². The predicted molar refractivity (Wildman–Crippen MR) is 110 cm³/mol. The Labute approximate surface area is 159 Å². The highest BCUT2D eigenvalue weighted by Gasteiger charge is 2.08. The van der Waals surface area contributed by atoms with Crippen molar-refractivity contribution in [1.29, 1.82) is 0 Å². The molecule has 2 aromatic heterocycles. The van der Waals surface area contributed by atoms with Gasteiger partial charge < -0.3 is 15.5 Å². The minimum Gasteiger partial charge on any atom is -0.366 e. The molecule has 2 heterocycles. The van der Waals surface area contributed by atoms with Gasteiger partial charge in [-0.05, 0) is 36.2 Å². The van der Waals surface area contributed by atoms with Crippen molar-refractivity contribution in [1.82, 2.24) is 15.3 Å². The number of pyridine rings is 2. The molecular formula is C21H25N5O. The maximum absolute atomic E-state index is 12.0. The zero-order valence-electron chi connectivity index (χ0n) is 16.0. The molecule has 0 saturated heterocycles. The van der Waals surface area contributed by atoms with E-state index in [4.69, 9.17) is 0 Å². The quantitative estimate of drug-likeness (QED) is 0.673. The summed E-state index contributed by atoms with van der Waals surface area (Å²) in [5.41, 5.74) is 2.69. The minimum atomic E-state index is -0.0911. The maximum Gasteiger partial charge on any atom is 0.252 e. The van der Waals surface area contributed by atoms with Crippen molar-refractivity contribution in [3.8, 4) is 0 Å². The summed E-state index contributed by atoms with van der Waals surface area (Å²) < 4.78 is 0. The van der Waals surface area contributed by atoms with Crippen LogP contribution in [-0.4, -0.2) is 36.5 Å². The van der Waals surface area contributed by atoms with Crippen molar-refractivity contribution in [2.45, 2.75) is 19.9 Å². The summed E-state index contributed by atoms with van der Waals surface area (Å²) >= 11 is 0. The number of para-hydroxylation sites is 1. The average Bonchev–Trinajstić information content (AvgIpc) is 2.70. The summed E-state index contributed by atoms with van der Waals surface area (Å²) in [7, 11) is 3.97. The minimum absolute atomic E-state index is 0.0911. The molecule has 0 bridgehead atoms. The van der Waals surface area contributed by atoms with Gasteiger partial charge >= 0.3 is 0 Å². The molecule has 0 spiro atoms. The van der Waals surface area contributed by atoms with Crippen LogP contribution in [0.4, 0.5) is 11.6 Å². The van der Waals surface area contributed by atoms with E-state index in [1.807, 2.05) is 50.2 Å². The number of aromatic nitrogens is 2. The molecule has 0 unspecified atom stereocenters. The van der Waals surface area contributed by atoms with E-state index >= 15 is 0 Å². The first-order valence-electron chi connectivity index (χ1n) is 9.12. The summed E-state index contributed by atoms with van der Waals surface area (Å²) in [6.07, 6.45) is 2.51. The molecule has 0 fully saturated rings. The Bertz CT molecular complexity index is 922. The van der Waals surface area contributed by atoms with E-state index in [0.717, 1.165) is 34.5 Å². The lowest BCUT2D eigenvalue weighted by Crippen LogP contribution is -2.24. The highest BCUT2D eigenvalue weighted by molar-refractivity contribution is 5.94. The van der Waals surface area contributed by atoms with E-state index in [-0.39, 0.29) is 5.91 Å². The lowest BCUT2D eigenvalue weighted by Gasteiger charge is -2.15. The normalized spacial score (nSPS) is 10.6. The van der Waals surface area contributed by atoms with Gasteiger partial charge in [-0.25, -0.2) is 9.97 Å². The molecule has 6 heteroatoms. The van der Waals surface area contributed by atoms with E-state index in [1.54, 1.807) is 12.3 Å². The fourth-order valence-corrected chi connectivity index (χ4v) is 2.77. The molecule has 0 aliphatic heterocycles. The Morgan fingerprint density at radius 3 is 2.67 bits per heavy atom. The molecule has 0 aliphatic carbocycles. The Balaban J connectivity index is 1.75. The fourth-order valence-electron chi connectivity index (χ4n) is 2.77. The van der Waals surface area contributed by atoms with E-state index in [0.29, 0.717) is 18.7 Å². The number of hydrogen-bond donors (Lipinski definition) is 2. The van der Waals surface area contributed by atoms with Gasteiger partial charge in [0, 0.05) is 38.8 Å². The molecule has 0 radical (unpaired) electrons. The lowest BCUT2D eigenvalue weighted by atomic mass is 10.1. The molecule has 2 N–H and O–H groups in total. The molecule has 6 nitrogen and oxygen atoms in total. The summed E-state index contributed by atoms with van der Waals surface area (Å²) in [4.78, 5) is 23.0. The molecular weight excluding hydrogens is 338 g/mol. The second-order valence-electron chi connectivity index (χ2n) is 6.59. The van der Waals surface area contributed by atoms with Crippen molar-refractivity contribution in [3.63, 3.8) is 0 Å². The zero-order chi connectivity index (χ0) is 19.2. The molecule has 27 heavy (non-hydrogen) atoms. The van der Waals surface area contributed by atoms with Crippen molar-refractivity contribution in [3.05, 3.63) is 59.8 Å². The van der Waals surface area contributed by atoms with Crippen molar-refractivity contribution < 1.29 is 4.79 Å². The number of amides is 1. The van der Waals surface area contributed by atoms with Crippen LogP contribution in [0, 0.1) is 0 Å². The van der Waals surface area contributed by atoms with Gasteiger partial charge in [-0.3, -0.25) is 4.79 Å². The van der Waals surface area contributed by atoms with Crippen molar-refractivity contribution in [2.24, 2.45) is 0 Å². The van der Waals surface area contributed by atoms with Gasteiger partial charge in [-0.1, -0.05) is 25.1 Å². The Morgan fingerprint density at radius 1 is 1.15 bits per heavy atom. The second-order valence-corrected chi connectivity index (χ2v) is 6.59. The number of carbonyl (C=O) groups is 1.